The fourth-order valence-corrected chi connectivity index (χ4v) is 7.49. The monoisotopic (exact) mass is 695 g/mol. The minimum atomic E-state index is -0.746. The van der Waals surface area contributed by atoms with E-state index in [4.69, 9.17) is 23.6 Å². The SMILES string of the molecule is CCSc1nc(N2C[C@H]3C[C@@H]2CN3C(=O)OC(C)(C)C)c2c3c(c(-c4c(F)ccc5oc(NC(=O)OC(C)(C)C)cc45)c(F)c2n1)COC3. The zero-order valence-electron chi connectivity index (χ0n) is 28.5. The summed E-state index contributed by atoms with van der Waals surface area (Å²) >= 11 is 1.38. The number of hydrogen-bond donors (Lipinski definition) is 1. The van der Waals surface area contributed by atoms with Gasteiger partial charge < -0.3 is 28.4 Å². The number of anilines is 2. The molecular weight excluding hydrogens is 656 g/mol. The number of amides is 2. The van der Waals surface area contributed by atoms with Crippen LogP contribution in [0.1, 0.15) is 66.0 Å². The molecule has 2 atom stereocenters. The van der Waals surface area contributed by atoms with Crippen LogP contribution in [0.2, 0.25) is 0 Å². The molecule has 2 aromatic carbocycles. The topological polar surface area (TPSA) is 119 Å². The van der Waals surface area contributed by atoms with Gasteiger partial charge in [-0.25, -0.2) is 28.3 Å². The van der Waals surface area contributed by atoms with Crippen molar-refractivity contribution in [1.82, 2.24) is 14.9 Å². The highest BCUT2D eigenvalue weighted by Gasteiger charge is 2.48. The first-order valence-electron chi connectivity index (χ1n) is 16.4. The van der Waals surface area contributed by atoms with Crippen LogP contribution in [0.5, 0.6) is 0 Å². The first-order valence-corrected chi connectivity index (χ1v) is 17.3. The quantitative estimate of drug-likeness (QED) is 0.162. The molecule has 3 aliphatic heterocycles. The normalized spacial score (nSPS) is 18.9. The van der Waals surface area contributed by atoms with Crippen molar-refractivity contribution in [2.24, 2.45) is 0 Å². The van der Waals surface area contributed by atoms with Crippen LogP contribution in [0.3, 0.4) is 0 Å². The summed E-state index contributed by atoms with van der Waals surface area (Å²) < 4.78 is 55.9. The summed E-state index contributed by atoms with van der Waals surface area (Å²) in [5.74, 6) is -0.102. The number of halogens is 2. The molecule has 4 aromatic rings. The summed E-state index contributed by atoms with van der Waals surface area (Å²) in [6.07, 6.45) is -0.359. The van der Waals surface area contributed by atoms with Gasteiger partial charge in [0.2, 0.25) is 5.88 Å². The van der Waals surface area contributed by atoms with Gasteiger partial charge in [-0.15, -0.1) is 0 Å². The van der Waals surface area contributed by atoms with Gasteiger partial charge in [-0.1, -0.05) is 18.7 Å². The number of nitrogens with one attached hydrogen (secondary N) is 1. The maximum atomic E-state index is 17.2. The number of furan rings is 1. The van der Waals surface area contributed by atoms with Crippen molar-refractivity contribution in [2.45, 2.75) is 96.5 Å². The van der Waals surface area contributed by atoms with Gasteiger partial charge in [-0.2, -0.15) is 0 Å². The molecule has 5 heterocycles. The molecule has 0 radical (unpaired) electrons. The van der Waals surface area contributed by atoms with Gasteiger partial charge in [0.25, 0.3) is 0 Å². The maximum Gasteiger partial charge on any atom is 0.414 e. The highest BCUT2D eigenvalue weighted by molar-refractivity contribution is 7.99. The minimum Gasteiger partial charge on any atom is -0.444 e. The third-order valence-electron chi connectivity index (χ3n) is 8.70. The molecule has 49 heavy (non-hydrogen) atoms. The molecule has 2 amide bonds. The van der Waals surface area contributed by atoms with Crippen LogP contribution < -0.4 is 10.2 Å². The highest BCUT2D eigenvalue weighted by atomic mass is 32.2. The molecule has 3 aliphatic rings. The van der Waals surface area contributed by atoms with Gasteiger partial charge in [0.1, 0.15) is 33.9 Å². The molecule has 14 heteroatoms. The summed E-state index contributed by atoms with van der Waals surface area (Å²) in [6, 6.07) is 3.97. The van der Waals surface area contributed by atoms with Crippen LogP contribution in [-0.4, -0.2) is 69.2 Å². The molecule has 260 valence electrons. The molecular formula is C35H39F2N5O6S. The van der Waals surface area contributed by atoms with Crippen molar-refractivity contribution in [3.8, 4) is 11.1 Å². The highest BCUT2D eigenvalue weighted by Crippen LogP contribution is 2.47. The summed E-state index contributed by atoms with van der Waals surface area (Å²) in [7, 11) is 0. The van der Waals surface area contributed by atoms with Crippen LogP contribution in [0.25, 0.3) is 33.0 Å². The van der Waals surface area contributed by atoms with E-state index in [1.165, 1.54) is 30.0 Å². The third kappa shape index (κ3) is 6.13. The lowest BCUT2D eigenvalue weighted by Crippen LogP contribution is -2.50. The Kier molecular flexibility index (Phi) is 8.17. The van der Waals surface area contributed by atoms with E-state index < -0.39 is 28.9 Å². The second kappa shape index (κ2) is 12.0. The maximum absolute atomic E-state index is 17.2. The molecule has 7 rings (SSSR count). The van der Waals surface area contributed by atoms with Gasteiger partial charge >= 0.3 is 12.2 Å². The first kappa shape index (κ1) is 33.3. The number of aromatic nitrogens is 2. The predicted octanol–water partition coefficient (Wildman–Crippen LogP) is 8.01. The minimum absolute atomic E-state index is 0.0160. The first-order chi connectivity index (χ1) is 23.1. The third-order valence-corrected chi connectivity index (χ3v) is 9.43. The molecule has 0 saturated carbocycles. The van der Waals surface area contributed by atoms with Gasteiger partial charge in [-0.05, 0) is 77.0 Å². The van der Waals surface area contributed by atoms with E-state index in [9.17, 15) is 9.59 Å². The molecule has 0 spiro atoms. The van der Waals surface area contributed by atoms with E-state index in [0.717, 1.165) is 6.42 Å². The Bertz CT molecular complexity index is 2010. The lowest BCUT2D eigenvalue weighted by Gasteiger charge is -2.36. The summed E-state index contributed by atoms with van der Waals surface area (Å²) in [6.45, 7) is 13.9. The number of carbonyl (C=O) groups excluding carboxylic acids is 2. The predicted molar refractivity (Wildman–Crippen MR) is 182 cm³/mol. The van der Waals surface area contributed by atoms with Crippen LogP contribution >= 0.6 is 11.8 Å². The number of thioether (sulfide) groups is 1. The number of hydrogen-bond acceptors (Lipinski definition) is 10. The number of nitrogens with zero attached hydrogens (tertiary/aromatic N) is 4. The Hall–Kier alpha value is -4.17. The van der Waals surface area contributed by atoms with Crippen LogP contribution in [0.15, 0.2) is 27.8 Å². The lowest BCUT2D eigenvalue weighted by molar-refractivity contribution is 0.0214. The molecule has 0 unspecified atom stereocenters. The van der Waals surface area contributed by atoms with E-state index in [0.29, 0.717) is 46.3 Å². The van der Waals surface area contributed by atoms with Gasteiger partial charge in [0.05, 0.1) is 30.7 Å². The van der Waals surface area contributed by atoms with Gasteiger partial charge in [0.15, 0.2) is 11.0 Å². The lowest BCUT2D eigenvalue weighted by atomic mass is 9.91. The molecule has 2 saturated heterocycles. The molecule has 11 nitrogen and oxygen atoms in total. The number of piperazine rings is 1. The molecule has 1 N–H and O–H groups in total. The van der Waals surface area contributed by atoms with Crippen molar-refractivity contribution >= 4 is 57.5 Å². The molecule has 2 aromatic heterocycles. The average molecular weight is 696 g/mol. The summed E-state index contributed by atoms with van der Waals surface area (Å²) in [5, 5.41) is 3.74. The molecule has 0 aliphatic carbocycles. The largest absolute Gasteiger partial charge is 0.444 e. The van der Waals surface area contributed by atoms with Crippen molar-refractivity contribution in [1.29, 1.82) is 0 Å². The van der Waals surface area contributed by atoms with Crippen molar-refractivity contribution in [2.75, 3.05) is 29.1 Å². The van der Waals surface area contributed by atoms with Gasteiger partial charge in [-0.3, -0.25) is 5.32 Å². The Morgan fingerprint density at radius 1 is 1.00 bits per heavy atom. The number of carbonyl (C=O) groups is 2. The Morgan fingerprint density at radius 2 is 1.73 bits per heavy atom. The van der Waals surface area contributed by atoms with Crippen LogP contribution in [0, 0.1) is 11.6 Å². The smallest absolute Gasteiger partial charge is 0.414 e. The fourth-order valence-electron chi connectivity index (χ4n) is 6.93. The van der Waals surface area contributed by atoms with Crippen LogP contribution in [0.4, 0.5) is 30.1 Å². The number of fused-ring (bicyclic) bond motifs is 6. The average Bonchev–Trinajstić information content (AvgIpc) is 3.80. The zero-order chi connectivity index (χ0) is 35.0. The van der Waals surface area contributed by atoms with E-state index in [2.05, 4.69) is 15.2 Å². The zero-order valence-corrected chi connectivity index (χ0v) is 29.3. The Labute approximate surface area is 286 Å². The Morgan fingerprint density at radius 3 is 2.41 bits per heavy atom. The van der Waals surface area contributed by atoms with E-state index in [1.807, 2.05) is 27.7 Å². The van der Waals surface area contributed by atoms with E-state index in [1.54, 1.807) is 25.7 Å². The number of rotatable bonds is 5. The second-order valence-electron chi connectivity index (χ2n) is 14.5. The molecule has 2 fully saturated rings. The van der Waals surface area contributed by atoms with E-state index >= 15 is 8.78 Å². The van der Waals surface area contributed by atoms with Crippen molar-refractivity contribution in [3.63, 3.8) is 0 Å². The molecule has 2 bridgehead atoms. The second-order valence-corrected chi connectivity index (χ2v) is 15.8. The standard InChI is InChI=1S/C35H39F2N5O6S/c1-8-49-31-39-29-27(30(40-31)41-13-18-11-17(41)14-42(18)33(44)48-35(5,6)7)21-16-45-15-20(21)26(28(29)37)25-19-12-24(38-32(43)47-34(2,3)4)46-23(19)10-9-22(25)36/h9-10,12,17-18H,8,11,13-16H2,1-7H3,(H,38,43)/t17-,18-/m1/s1. The Balaban J connectivity index is 1.34. The van der Waals surface area contributed by atoms with Crippen molar-refractivity contribution < 1.29 is 37.0 Å². The fraction of sp³-hybridized carbons (Fsp3) is 0.486. The summed E-state index contributed by atoms with van der Waals surface area (Å²) in [4.78, 5) is 39.0. The van der Waals surface area contributed by atoms with Crippen LogP contribution in [-0.2, 0) is 27.4 Å². The summed E-state index contributed by atoms with van der Waals surface area (Å²) in [5.41, 5.74) is 0.167. The number of benzene rings is 2. The van der Waals surface area contributed by atoms with Crippen molar-refractivity contribution in [3.05, 3.63) is 41.0 Å². The number of likely N-dealkylation sites (tertiary alicyclic amines) is 1. The van der Waals surface area contributed by atoms with E-state index in [-0.39, 0.29) is 64.9 Å². The number of ether oxygens (including phenoxy) is 3. The van der Waals surface area contributed by atoms with Gasteiger partial charge in [0, 0.05) is 35.7 Å².